The van der Waals surface area contributed by atoms with Gasteiger partial charge in [0.15, 0.2) is 6.61 Å². The Morgan fingerprint density at radius 3 is 2.82 bits per heavy atom. The smallest absolute Gasteiger partial charge is 0.422 e. The summed E-state index contributed by atoms with van der Waals surface area (Å²) in [7, 11) is 0. The van der Waals surface area contributed by atoms with Crippen LogP contribution in [0.4, 0.5) is 18.0 Å². The molecule has 1 heterocycles. The number of hydrogen-bond acceptors (Lipinski definition) is 4. The van der Waals surface area contributed by atoms with E-state index in [4.69, 9.17) is 4.42 Å². The largest absolute Gasteiger partial charge is 0.444 e. The number of hydrogen-bond donors (Lipinski definition) is 1. The van der Waals surface area contributed by atoms with Crippen LogP contribution in [0.15, 0.2) is 10.6 Å². The minimum absolute atomic E-state index is 0.114. The van der Waals surface area contributed by atoms with Crippen molar-refractivity contribution in [3.63, 3.8) is 0 Å². The summed E-state index contributed by atoms with van der Waals surface area (Å²) in [5.74, 6) is 0.844. The predicted molar refractivity (Wildman–Crippen MR) is 50.1 cm³/mol. The average Bonchev–Trinajstić information content (AvgIpc) is 2.70. The monoisotopic (exact) mass is 252 g/mol. The fraction of sp³-hybridized carbons (Fsp3) is 0.556. The third-order valence-corrected chi connectivity index (χ3v) is 1.70. The molecule has 1 amide bonds. The number of aryl methyl sites for hydroxylation is 1. The van der Waals surface area contributed by atoms with Crippen LogP contribution in [0.5, 0.6) is 0 Å². The van der Waals surface area contributed by atoms with Gasteiger partial charge in [-0.05, 0) is 0 Å². The second-order valence-electron chi connectivity index (χ2n) is 3.12. The number of rotatable bonds is 4. The summed E-state index contributed by atoms with van der Waals surface area (Å²) in [5.41, 5.74) is 0. The molecule has 0 radical (unpaired) electrons. The van der Waals surface area contributed by atoms with Gasteiger partial charge < -0.3 is 14.5 Å². The molecule has 0 bridgehead atoms. The van der Waals surface area contributed by atoms with E-state index in [1.807, 2.05) is 6.92 Å². The maximum Gasteiger partial charge on any atom is 0.422 e. The van der Waals surface area contributed by atoms with Crippen molar-refractivity contribution in [2.75, 3.05) is 6.61 Å². The normalized spacial score (nSPS) is 11.3. The van der Waals surface area contributed by atoms with Gasteiger partial charge in [0.05, 0.1) is 12.7 Å². The van der Waals surface area contributed by atoms with E-state index in [-0.39, 0.29) is 12.4 Å². The molecule has 0 atom stereocenters. The van der Waals surface area contributed by atoms with Crippen LogP contribution in [0, 0.1) is 0 Å². The third kappa shape index (κ3) is 5.23. The molecule has 0 aliphatic rings. The van der Waals surface area contributed by atoms with E-state index < -0.39 is 18.9 Å². The Morgan fingerprint density at radius 2 is 2.29 bits per heavy atom. The van der Waals surface area contributed by atoms with Crippen LogP contribution < -0.4 is 5.32 Å². The highest BCUT2D eigenvalue weighted by Crippen LogP contribution is 2.14. The van der Waals surface area contributed by atoms with E-state index in [1.165, 1.54) is 6.20 Å². The van der Waals surface area contributed by atoms with Gasteiger partial charge in [0, 0.05) is 6.42 Å². The van der Waals surface area contributed by atoms with Crippen LogP contribution in [-0.4, -0.2) is 23.9 Å². The zero-order valence-electron chi connectivity index (χ0n) is 9.00. The van der Waals surface area contributed by atoms with E-state index in [1.54, 1.807) is 0 Å². The Kier molecular flexibility index (Phi) is 4.36. The minimum Gasteiger partial charge on any atom is -0.444 e. The van der Waals surface area contributed by atoms with Crippen LogP contribution in [0.25, 0.3) is 0 Å². The van der Waals surface area contributed by atoms with Gasteiger partial charge in [-0.2, -0.15) is 13.2 Å². The number of ether oxygens (including phenoxy) is 1. The number of alkyl halides is 3. The van der Waals surface area contributed by atoms with Crippen LogP contribution in [0.1, 0.15) is 18.6 Å². The molecule has 17 heavy (non-hydrogen) atoms. The molecule has 0 fully saturated rings. The summed E-state index contributed by atoms with van der Waals surface area (Å²) in [6.07, 6.45) is -3.57. The molecule has 0 spiro atoms. The van der Waals surface area contributed by atoms with E-state index >= 15 is 0 Å². The second-order valence-corrected chi connectivity index (χ2v) is 3.12. The molecule has 0 aliphatic carbocycles. The van der Waals surface area contributed by atoms with Gasteiger partial charge in [-0.25, -0.2) is 9.78 Å². The van der Waals surface area contributed by atoms with Crippen molar-refractivity contribution in [1.82, 2.24) is 10.3 Å². The maximum atomic E-state index is 11.7. The van der Waals surface area contributed by atoms with Crippen molar-refractivity contribution in [2.24, 2.45) is 0 Å². The Bertz CT molecular complexity index is 376. The summed E-state index contributed by atoms with van der Waals surface area (Å²) in [5, 5.41) is 2.09. The molecule has 5 nitrogen and oxygen atoms in total. The Hall–Kier alpha value is -1.73. The summed E-state index contributed by atoms with van der Waals surface area (Å²) in [6.45, 7) is 0.122. The highest BCUT2D eigenvalue weighted by atomic mass is 19.4. The van der Waals surface area contributed by atoms with Crippen molar-refractivity contribution in [1.29, 1.82) is 0 Å². The number of nitrogens with zero attached hydrogens (tertiary/aromatic N) is 1. The number of oxazole rings is 1. The van der Waals surface area contributed by atoms with Gasteiger partial charge >= 0.3 is 12.3 Å². The lowest BCUT2D eigenvalue weighted by Gasteiger charge is -2.07. The molecule has 0 aliphatic heterocycles. The number of alkyl carbamates (subject to hydrolysis) is 1. The maximum absolute atomic E-state index is 11.7. The molecule has 1 N–H and O–H groups in total. The number of carbonyl (C=O) groups is 1. The van der Waals surface area contributed by atoms with Gasteiger partial charge in [0.2, 0.25) is 5.89 Å². The van der Waals surface area contributed by atoms with Crippen molar-refractivity contribution in [3.05, 3.63) is 17.8 Å². The molecular formula is C9H11F3N2O3. The Morgan fingerprint density at radius 1 is 1.59 bits per heavy atom. The van der Waals surface area contributed by atoms with E-state index in [0.29, 0.717) is 12.2 Å². The number of amides is 1. The van der Waals surface area contributed by atoms with E-state index in [2.05, 4.69) is 15.0 Å². The van der Waals surface area contributed by atoms with Crippen molar-refractivity contribution in [2.45, 2.75) is 26.1 Å². The third-order valence-electron chi connectivity index (χ3n) is 1.70. The molecule has 96 valence electrons. The topological polar surface area (TPSA) is 64.4 Å². The molecule has 1 aromatic rings. The van der Waals surface area contributed by atoms with Crippen molar-refractivity contribution in [3.8, 4) is 0 Å². The molecule has 8 heteroatoms. The SMILES string of the molecule is CCc1cnc(CNC(=O)OCC(F)(F)F)o1. The lowest BCUT2D eigenvalue weighted by atomic mass is 10.4. The van der Waals surface area contributed by atoms with Gasteiger partial charge in [0.1, 0.15) is 5.76 Å². The Balaban J connectivity index is 2.28. The standard InChI is InChI=1S/C9H11F3N2O3/c1-2-6-3-13-7(17-6)4-14-8(15)16-5-9(10,11)12/h3H,2,4-5H2,1H3,(H,14,15). The van der Waals surface area contributed by atoms with Crippen molar-refractivity contribution >= 4 is 6.09 Å². The molecular weight excluding hydrogens is 241 g/mol. The highest BCUT2D eigenvalue weighted by Gasteiger charge is 2.29. The zero-order chi connectivity index (χ0) is 12.9. The second kappa shape index (κ2) is 5.55. The molecule has 0 aromatic carbocycles. The average molecular weight is 252 g/mol. The summed E-state index contributed by atoms with van der Waals surface area (Å²) in [4.78, 5) is 14.6. The van der Waals surface area contributed by atoms with Gasteiger partial charge in [0.25, 0.3) is 0 Å². The number of aromatic nitrogens is 1. The highest BCUT2D eigenvalue weighted by molar-refractivity contribution is 5.66. The van der Waals surface area contributed by atoms with Crippen LogP contribution >= 0.6 is 0 Å². The van der Waals surface area contributed by atoms with Crippen molar-refractivity contribution < 1.29 is 27.1 Å². The van der Waals surface area contributed by atoms with Gasteiger partial charge in [-0.1, -0.05) is 6.92 Å². The van der Waals surface area contributed by atoms with Gasteiger partial charge in [-0.3, -0.25) is 0 Å². The lowest BCUT2D eigenvalue weighted by Crippen LogP contribution is -2.28. The van der Waals surface area contributed by atoms with Crippen LogP contribution in [0.3, 0.4) is 0 Å². The van der Waals surface area contributed by atoms with E-state index in [0.717, 1.165) is 0 Å². The fourth-order valence-electron chi connectivity index (χ4n) is 0.939. The van der Waals surface area contributed by atoms with E-state index in [9.17, 15) is 18.0 Å². The first-order chi connectivity index (χ1) is 7.90. The lowest BCUT2D eigenvalue weighted by molar-refractivity contribution is -0.160. The number of carbonyl (C=O) groups excluding carboxylic acids is 1. The summed E-state index contributed by atoms with van der Waals surface area (Å²) >= 11 is 0. The summed E-state index contributed by atoms with van der Waals surface area (Å²) in [6, 6.07) is 0. The molecule has 0 saturated carbocycles. The molecule has 1 rings (SSSR count). The number of nitrogens with one attached hydrogen (secondary N) is 1. The molecule has 0 unspecified atom stereocenters. The fourth-order valence-corrected chi connectivity index (χ4v) is 0.939. The quantitative estimate of drug-likeness (QED) is 0.890. The first-order valence-corrected chi connectivity index (χ1v) is 4.81. The first-order valence-electron chi connectivity index (χ1n) is 4.81. The minimum atomic E-state index is -4.53. The van der Waals surface area contributed by atoms with Crippen LogP contribution in [-0.2, 0) is 17.7 Å². The summed E-state index contributed by atoms with van der Waals surface area (Å²) < 4.78 is 44.1. The molecule has 0 saturated heterocycles. The first kappa shape index (κ1) is 13.3. The zero-order valence-corrected chi connectivity index (χ0v) is 9.00. The number of halogens is 3. The van der Waals surface area contributed by atoms with Crippen LogP contribution in [0.2, 0.25) is 0 Å². The molecule has 1 aromatic heterocycles. The predicted octanol–water partition coefficient (Wildman–Crippen LogP) is 2.03. The van der Waals surface area contributed by atoms with Gasteiger partial charge in [-0.15, -0.1) is 0 Å². The Labute approximate surface area is 95.0 Å².